The van der Waals surface area contributed by atoms with Gasteiger partial charge in [-0.05, 0) is 55.3 Å². The highest BCUT2D eigenvalue weighted by Gasteiger charge is 2.25. The smallest absolute Gasteiger partial charge is 0.251 e. The van der Waals surface area contributed by atoms with Crippen molar-refractivity contribution in [3.05, 3.63) is 60.2 Å². The van der Waals surface area contributed by atoms with Crippen LogP contribution in [0.2, 0.25) is 0 Å². The zero-order valence-corrected chi connectivity index (χ0v) is 15.2. The molecule has 1 aliphatic rings. The number of nitrogens with zero attached hydrogens (tertiary/aromatic N) is 2. The molecule has 0 bridgehead atoms. The van der Waals surface area contributed by atoms with Crippen LogP contribution in [0, 0.1) is 5.82 Å². The van der Waals surface area contributed by atoms with Crippen LogP contribution in [0.4, 0.5) is 4.39 Å². The molecule has 1 amide bonds. The lowest BCUT2D eigenvalue weighted by Gasteiger charge is -2.07. The number of amides is 1. The van der Waals surface area contributed by atoms with E-state index < -0.39 is 15.7 Å². The molecule has 1 fully saturated rings. The molecule has 1 aromatic heterocycles. The van der Waals surface area contributed by atoms with Crippen molar-refractivity contribution in [3.63, 3.8) is 0 Å². The molecule has 1 aliphatic carbocycles. The van der Waals surface area contributed by atoms with Gasteiger partial charge >= 0.3 is 0 Å². The second-order valence-corrected chi connectivity index (χ2v) is 8.72. The first-order chi connectivity index (χ1) is 12.9. The SMILES string of the molecule is O=C(NCCS(=O)(=O)c1ccc(F)cc1)c1ccc2c(c1)ncn2C1CC1. The zero-order valence-electron chi connectivity index (χ0n) is 14.4. The van der Waals surface area contributed by atoms with Gasteiger partial charge in [-0.1, -0.05) is 0 Å². The van der Waals surface area contributed by atoms with Gasteiger partial charge in [-0.15, -0.1) is 0 Å². The molecule has 3 aromatic rings. The van der Waals surface area contributed by atoms with E-state index in [4.69, 9.17) is 0 Å². The number of imidazole rings is 1. The standard InChI is InChI=1S/C19H18FN3O3S/c20-14-2-6-16(7-3-14)27(25,26)10-9-21-19(24)13-1-8-18-17(11-13)22-12-23(18)15-4-5-15/h1-3,6-8,11-12,15H,4-5,9-10H2,(H,21,24). The van der Waals surface area contributed by atoms with Crippen molar-refractivity contribution >= 4 is 26.8 Å². The van der Waals surface area contributed by atoms with Crippen LogP contribution in [-0.4, -0.2) is 36.2 Å². The monoisotopic (exact) mass is 387 g/mol. The Morgan fingerprint density at radius 1 is 1.19 bits per heavy atom. The molecular formula is C19H18FN3O3S. The van der Waals surface area contributed by atoms with Crippen molar-refractivity contribution in [2.24, 2.45) is 0 Å². The molecule has 0 aliphatic heterocycles. The predicted octanol–water partition coefficient (Wildman–Crippen LogP) is 2.71. The Hall–Kier alpha value is -2.74. The maximum atomic E-state index is 12.9. The van der Waals surface area contributed by atoms with Gasteiger partial charge in [0.1, 0.15) is 5.82 Å². The number of fused-ring (bicyclic) bond motifs is 1. The van der Waals surface area contributed by atoms with Crippen LogP contribution in [0.5, 0.6) is 0 Å². The van der Waals surface area contributed by atoms with E-state index in [1.165, 1.54) is 12.1 Å². The molecule has 1 heterocycles. The summed E-state index contributed by atoms with van der Waals surface area (Å²) in [5.74, 6) is -1.11. The lowest BCUT2D eigenvalue weighted by Crippen LogP contribution is -2.29. The molecule has 4 rings (SSSR count). The van der Waals surface area contributed by atoms with Crippen molar-refractivity contribution in [3.8, 4) is 0 Å². The zero-order chi connectivity index (χ0) is 19.0. The van der Waals surface area contributed by atoms with Crippen molar-refractivity contribution in [2.45, 2.75) is 23.8 Å². The summed E-state index contributed by atoms with van der Waals surface area (Å²) in [6.07, 6.45) is 4.09. The number of halogens is 1. The van der Waals surface area contributed by atoms with Crippen LogP contribution in [0.25, 0.3) is 11.0 Å². The van der Waals surface area contributed by atoms with Gasteiger partial charge in [0.05, 0.1) is 28.0 Å². The molecule has 2 aromatic carbocycles. The number of carbonyl (C=O) groups is 1. The number of sulfone groups is 1. The fraction of sp³-hybridized carbons (Fsp3) is 0.263. The van der Waals surface area contributed by atoms with Crippen LogP contribution < -0.4 is 5.32 Å². The molecule has 0 spiro atoms. The number of nitrogens with one attached hydrogen (secondary N) is 1. The number of hydrogen-bond donors (Lipinski definition) is 1. The second kappa shape index (κ2) is 6.77. The summed E-state index contributed by atoms with van der Waals surface area (Å²) in [6, 6.07) is 10.4. The first-order valence-electron chi connectivity index (χ1n) is 8.67. The average molecular weight is 387 g/mol. The first kappa shape index (κ1) is 17.7. The third kappa shape index (κ3) is 3.71. The van der Waals surface area contributed by atoms with E-state index in [0.717, 1.165) is 36.0 Å². The minimum absolute atomic E-state index is 0.0326. The molecule has 0 radical (unpaired) electrons. The molecule has 0 atom stereocenters. The van der Waals surface area contributed by atoms with Crippen LogP contribution in [-0.2, 0) is 9.84 Å². The van der Waals surface area contributed by atoms with Crippen molar-refractivity contribution in [1.82, 2.24) is 14.9 Å². The fourth-order valence-corrected chi connectivity index (χ4v) is 4.13. The number of benzene rings is 2. The molecule has 0 unspecified atom stereocenters. The Balaban J connectivity index is 1.40. The number of carbonyl (C=O) groups excluding carboxylic acids is 1. The summed E-state index contributed by atoms with van der Waals surface area (Å²) < 4.78 is 39.5. The highest BCUT2D eigenvalue weighted by molar-refractivity contribution is 7.91. The predicted molar refractivity (Wildman–Crippen MR) is 98.8 cm³/mol. The summed E-state index contributed by atoms with van der Waals surface area (Å²) >= 11 is 0. The lowest BCUT2D eigenvalue weighted by atomic mass is 10.2. The van der Waals surface area contributed by atoms with E-state index in [1.54, 1.807) is 18.5 Å². The lowest BCUT2D eigenvalue weighted by molar-refractivity contribution is 0.0956. The van der Waals surface area contributed by atoms with Gasteiger partial charge in [0.25, 0.3) is 5.91 Å². The topological polar surface area (TPSA) is 81.1 Å². The van der Waals surface area contributed by atoms with Crippen LogP contribution in [0.3, 0.4) is 0 Å². The Morgan fingerprint density at radius 2 is 1.93 bits per heavy atom. The van der Waals surface area contributed by atoms with E-state index in [-0.39, 0.29) is 23.1 Å². The van der Waals surface area contributed by atoms with Crippen LogP contribution in [0.1, 0.15) is 29.2 Å². The highest BCUT2D eigenvalue weighted by atomic mass is 32.2. The largest absolute Gasteiger partial charge is 0.351 e. The Morgan fingerprint density at radius 3 is 2.63 bits per heavy atom. The molecule has 8 heteroatoms. The maximum Gasteiger partial charge on any atom is 0.251 e. The van der Waals surface area contributed by atoms with Gasteiger partial charge in [-0.3, -0.25) is 4.79 Å². The summed E-state index contributed by atoms with van der Waals surface area (Å²) in [5, 5.41) is 2.62. The Kier molecular flexibility index (Phi) is 4.43. The highest BCUT2D eigenvalue weighted by Crippen LogP contribution is 2.37. The van der Waals surface area contributed by atoms with E-state index in [0.29, 0.717) is 11.6 Å². The molecule has 140 valence electrons. The van der Waals surface area contributed by atoms with Gasteiger partial charge in [0.2, 0.25) is 0 Å². The summed E-state index contributed by atoms with van der Waals surface area (Å²) in [5.41, 5.74) is 2.17. The normalized spacial score (nSPS) is 14.4. The third-order valence-corrected chi connectivity index (χ3v) is 6.34. The van der Waals surface area contributed by atoms with Crippen LogP contribution >= 0.6 is 0 Å². The molecule has 1 saturated carbocycles. The molecule has 6 nitrogen and oxygen atoms in total. The summed E-state index contributed by atoms with van der Waals surface area (Å²) in [7, 11) is -3.59. The van der Waals surface area contributed by atoms with Crippen molar-refractivity contribution in [2.75, 3.05) is 12.3 Å². The molecule has 1 N–H and O–H groups in total. The van der Waals surface area contributed by atoms with E-state index in [2.05, 4.69) is 14.9 Å². The van der Waals surface area contributed by atoms with E-state index >= 15 is 0 Å². The number of aromatic nitrogens is 2. The van der Waals surface area contributed by atoms with Crippen LogP contribution in [0.15, 0.2) is 53.7 Å². The average Bonchev–Trinajstić information content (AvgIpc) is 3.40. The third-order valence-electron chi connectivity index (χ3n) is 4.61. The van der Waals surface area contributed by atoms with Gasteiger partial charge in [0.15, 0.2) is 9.84 Å². The van der Waals surface area contributed by atoms with Gasteiger partial charge in [-0.2, -0.15) is 0 Å². The fourth-order valence-electron chi connectivity index (χ4n) is 2.98. The van der Waals surface area contributed by atoms with E-state index in [9.17, 15) is 17.6 Å². The maximum absolute atomic E-state index is 12.9. The first-order valence-corrected chi connectivity index (χ1v) is 10.3. The van der Waals surface area contributed by atoms with E-state index in [1.807, 2.05) is 6.07 Å². The Labute approximate surface area is 155 Å². The van der Waals surface area contributed by atoms with Gasteiger partial charge < -0.3 is 9.88 Å². The Bertz CT molecular complexity index is 1100. The second-order valence-electron chi connectivity index (χ2n) is 6.62. The van der Waals surface area contributed by atoms with Crippen molar-refractivity contribution < 1.29 is 17.6 Å². The minimum Gasteiger partial charge on any atom is -0.351 e. The minimum atomic E-state index is -3.59. The van der Waals surface area contributed by atoms with Gasteiger partial charge in [-0.25, -0.2) is 17.8 Å². The molecule has 27 heavy (non-hydrogen) atoms. The van der Waals surface area contributed by atoms with Gasteiger partial charge in [0, 0.05) is 18.2 Å². The molecule has 0 saturated heterocycles. The number of hydrogen-bond acceptors (Lipinski definition) is 4. The quantitative estimate of drug-likeness (QED) is 0.660. The summed E-state index contributed by atoms with van der Waals surface area (Å²) in [4.78, 5) is 16.7. The number of rotatable bonds is 6. The van der Waals surface area contributed by atoms with Crippen molar-refractivity contribution in [1.29, 1.82) is 0 Å². The summed E-state index contributed by atoms with van der Waals surface area (Å²) in [6.45, 7) is -0.0346. The molecular weight excluding hydrogens is 369 g/mol.